The van der Waals surface area contributed by atoms with Crippen LogP contribution in [0.3, 0.4) is 0 Å². The number of likely N-dealkylation sites (N-methyl/N-ethyl adjacent to an activating group) is 1. The number of benzene rings is 1. The molecule has 15 heavy (non-hydrogen) atoms. The van der Waals surface area contributed by atoms with Gasteiger partial charge in [-0.1, -0.05) is 29.8 Å². The molecule has 1 aliphatic rings. The SMILES string of the molecule is Cc1cccc(C[N+]2(C)CCOCC2)c1. The molecular formula is C13H20NO+. The van der Waals surface area contributed by atoms with Crippen molar-refractivity contribution in [3.63, 3.8) is 0 Å². The van der Waals surface area contributed by atoms with Crippen molar-refractivity contribution in [2.45, 2.75) is 13.5 Å². The zero-order valence-electron chi connectivity index (χ0n) is 9.70. The summed E-state index contributed by atoms with van der Waals surface area (Å²) in [4.78, 5) is 0. The molecule has 0 aromatic heterocycles. The fourth-order valence-corrected chi connectivity index (χ4v) is 2.19. The van der Waals surface area contributed by atoms with Crippen LogP contribution in [0.15, 0.2) is 24.3 Å². The predicted octanol–water partition coefficient (Wildman–Crippen LogP) is 1.97. The number of morpholine rings is 1. The minimum absolute atomic E-state index is 0.905. The van der Waals surface area contributed by atoms with Gasteiger partial charge in [0.1, 0.15) is 19.6 Å². The third-order valence-corrected chi connectivity index (χ3v) is 3.20. The summed E-state index contributed by atoms with van der Waals surface area (Å²) in [6.45, 7) is 7.36. The molecule has 0 aliphatic carbocycles. The summed E-state index contributed by atoms with van der Waals surface area (Å²) in [7, 11) is 2.32. The molecule has 0 atom stereocenters. The number of quaternary nitrogens is 1. The highest BCUT2D eigenvalue weighted by Gasteiger charge is 2.25. The zero-order chi connectivity index (χ0) is 10.7. The van der Waals surface area contributed by atoms with Crippen molar-refractivity contribution in [1.29, 1.82) is 0 Å². The van der Waals surface area contributed by atoms with Gasteiger partial charge in [0.15, 0.2) is 0 Å². The van der Waals surface area contributed by atoms with E-state index in [2.05, 4.69) is 38.2 Å². The van der Waals surface area contributed by atoms with E-state index in [1.165, 1.54) is 11.1 Å². The van der Waals surface area contributed by atoms with Gasteiger partial charge in [-0.15, -0.1) is 0 Å². The molecule has 0 spiro atoms. The smallest absolute Gasteiger partial charge is 0.104 e. The maximum absolute atomic E-state index is 5.41. The molecule has 0 radical (unpaired) electrons. The first-order valence-corrected chi connectivity index (χ1v) is 5.65. The van der Waals surface area contributed by atoms with E-state index < -0.39 is 0 Å². The fourth-order valence-electron chi connectivity index (χ4n) is 2.19. The van der Waals surface area contributed by atoms with Crippen molar-refractivity contribution in [3.8, 4) is 0 Å². The molecule has 1 aromatic carbocycles. The van der Waals surface area contributed by atoms with Crippen molar-refractivity contribution in [2.75, 3.05) is 33.4 Å². The molecule has 0 amide bonds. The summed E-state index contributed by atoms with van der Waals surface area (Å²) < 4.78 is 6.53. The van der Waals surface area contributed by atoms with E-state index in [0.717, 1.165) is 37.3 Å². The van der Waals surface area contributed by atoms with E-state index in [1.54, 1.807) is 0 Å². The van der Waals surface area contributed by atoms with Crippen LogP contribution in [-0.2, 0) is 11.3 Å². The number of aryl methyl sites for hydroxylation is 1. The van der Waals surface area contributed by atoms with Crippen molar-refractivity contribution < 1.29 is 9.22 Å². The summed E-state index contributed by atoms with van der Waals surface area (Å²) in [5.41, 5.74) is 2.80. The lowest BCUT2D eigenvalue weighted by molar-refractivity contribution is -0.929. The van der Waals surface area contributed by atoms with Crippen molar-refractivity contribution in [1.82, 2.24) is 0 Å². The van der Waals surface area contributed by atoms with Gasteiger partial charge in [-0.2, -0.15) is 0 Å². The Morgan fingerprint density at radius 2 is 2.00 bits per heavy atom. The fraction of sp³-hybridized carbons (Fsp3) is 0.538. The minimum atomic E-state index is 0.905. The number of rotatable bonds is 2. The Bertz CT molecular complexity index is 329. The van der Waals surface area contributed by atoms with Crippen molar-refractivity contribution in [3.05, 3.63) is 35.4 Å². The van der Waals surface area contributed by atoms with E-state index in [-0.39, 0.29) is 0 Å². The van der Waals surface area contributed by atoms with Crippen LogP contribution < -0.4 is 0 Å². The third-order valence-electron chi connectivity index (χ3n) is 3.20. The summed E-state index contributed by atoms with van der Waals surface area (Å²) in [5.74, 6) is 0. The Hall–Kier alpha value is -0.860. The first-order chi connectivity index (χ1) is 7.18. The molecule has 2 rings (SSSR count). The van der Waals surface area contributed by atoms with Gasteiger partial charge >= 0.3 is 0 Å². The number of hydrogen-bond donors (Lipinski definition) is 0. The van der Waals surface area contributed by atoms with Crippen molar-refractivity contribution in [2.24, 2.45) is 0 Å². The first-order valence-electron chi connectivity index (χ1n) is 5.65. The summed E-state index contributed by atoms with van der Waals surface area (Å²) >= 11 is 0. The Morgan fingerprint density at radius 3 is 2.67 bits per heavy atom. The number of hydrogen-bond acceptors (Lipinski definition) is 1. The second-order valence-electron chi connectivity index (χ2n) is 4.83. The normalized spacial score (nSPS) is 20.1. The van der Waals surface area contributed by atoms with Crippen LogP contribution in [0.1, 0.15) is 11.1 Å². The maximum Gasteiger partial charge on any atom is 0.104 e. The largest absolute Gasteiger partial charge is 0.370 e. The molecule has 1 aromatic rings. The van der Waals surface area contributed by atoms with Gasteiger partial charge < -0.3 is 9.22 Å². The highest BCUT2D eigenvalue weighted by atomic mass is 16.5. The molecule has 1 saturated heterocycles. The predicted molar refractivity (Wildman–Crippen MR) is 61.6 cm³/mol. The molecule has 82 valence electrons. The Kier molecular flexibility index (Phi) is 3.08. The second-order valence-corrected chi connectivity index (χ2v) is 4.83. The van der Waals surface area contributed by atoms with E-state index in [4.69, 9.17) is 4.74 Å². The quantitative estimate of drug-likeness (QED) is 0.672. The molecule has 1 heterocycles. The van der Waals surface area contributed by atoms with E-state index in [0.29, 0.717) is 0 Å². The average molecular weight is 206 g/mol. The molecule has 0 N–H and O–H groups in total. The van der Waals surface area contributed by atoms with Crippen LogP contribution >= 0.6 is 0 Å². The summed E-state index contributed by atoms with van der Waals surface area (Å²) in [6.07, 6.45) is 0. The molecule has 0 bridgehead atoms. The van der Waals surface area contributed by atoms with Crippen LogP contribution in [-0.4, -0.2) is 37.8 Å². The number of ether oxygens (including phenoxy) is 1. The molecule has 1 fully saturated rings. The highest BCUT2D eigenvalue weighted by Crippen LogP contribution is 2.15. The molecule has 1 aliphatic heterocycles. The van der Waals surface area contributed by atoms with Gasteiger partial charge in [0.05, 0.1) is 20.3 Å². The van der Waals surface area contributed by atoms with E-state index in [9.17, 15) is 0 Å². The van der Waals surface area contributed by atoms with Gasteiger partial charge in [0.2, 0.25) is 0 Å². The lowest BCUT2D eigenvalue weighted by Crippen LogP contribution is -2.51. The van der Waals surface area contributed by atoms with Gasteiger partial charge in [-0.05, 0) is 6.92 Å². The standard InChI is InChI=1S/C13H20NO/c1-12-4-3-5-13(10-12)11-14(2)6-8-15-9-7-14/h3-5,10H,6-9,11H2,1-2H3/q+1. The third kappa shape index (κ3) is 2.80. The van der Waals surface area contributed by atoms with Crippen LogP contribution in [0, 0.1) is 6.92 Å². The highest BCUT2D eigenvalue weighted by molar-refractivity contribution is 5.21. The van der Waals surface area contributed by atoms with Gasteiger partial charge in [0, 0.05) is 5.56 Å². The van der Waals surface area contributed by atoms with Crippen LogP contribution in [0.25, 0.3) is 0 Å². The Balaban J connectivity index is 2.06. The molecule has 0 saturated carbocycles. The Labute approximate surface area is 92.1 Å². The first kappa shape index (κ1) is 10.7. The minimum Gasteiger partial charge on any atom is -0.370 e. The summed E-state index contributed by atoms with van der Waals surface area (Å²) in [6, 6.07) is 8.82. The van der Waals surface area contributed by atoms with Crippen LogP contribution in [0.5, 0.6) is 0 Å². The zero-order valence-corrected chi connectivity index (χ0v) is 9.70. The van der Waals surface area contributed by atoms with Gasteiger partial charge in [0.25, 0.3) is 0 Å². The summed E-state index contributed by atoms with van der Waals surface area (Å²) in [5, 5.41) is 0. The Morgan fingerprint density at radius 1 is 1.27 bits per heavy atom. The van der Waals surface area contributed by atoms with Crippen LogP contribution in [0.2, 0.25) is 0 Å². The number of nitrogens with zero attached hydrogens (tertiary/aromatic N) is 1. The topological polar surface area (TPSA) is 9.23 Å². The lowest BCUT2D eigenvalue weighted by Gasteiger charge is -2.37. The van der Waals surface area contributed by atoms with E-state index in [1.807, 2.05) is 0 Å². The second kappa shape index (κ2) is 4.33. The van der Waals surface area contributed by atoms with E-state index >= 15 is 0 Å². The molecule has 2 heteroatoms. The monoisotopic (exact) mass is 206 g/mol. The molecule has 2 nitrogen and oxygen atoms in total. The lowest BCUT2D eigenvalue weighted by atomic mass is 10.1. The van der Waals surface area contributed by atoms with Gasteiger partial charge in [-0.3, -0.25) is 0 Å². The van der Waals surface area contributed by atoms with Gasteiger partial charge in [-0.25, -0.2) is 0 Å². The maximum atomic E-state index is 5.41. The molecular weight excluding hydrogens is 186 g/mol. The molecule has 0 unspecified atom stereocenters. The van der Waals surface area contributed by atoms with Crippen molar-refractivity contribution >= 4 is 0 Å². The average Bonchev–Trinajstić information content (AvgIpc) is 2.18. The van der Waals surface area contributed by atoms with Crippen LogP contribution in [0.4, 0.5) is 0 Å².